The van der Waals surface area contributed by atoms with E-state index in [0.717, 1.165) is 6.42 Å². The van der Waals surface area contributed by atoms with Crippen molar-refractivity contribution < 1.29 is 18.9 Å². The molecule has 0 aliphatic heterocycles. The van der Waals surface area contributed by atoms with Gasteiger partial charge in [-0.15, -0.1) is 24.8 Å². The van der Waals surface area contributed by atoms with E-state index in [1.165, 1.54) is 0 Å². The summed E-state index contributed by atoms with van der Waals surface area (Å²) >= 11 is -1.97. The summed E-state index contributed by atoms with van der Waals surface area (Å²) in [4.78, 5) is 0. The van der Waals surface area contributed by atoms with E-state index in [2.05, 4.69) is 55.1 Å². The molecule has 0 saturated heterocycles. The van der Waals surface area contributed by atoms with E-state index in [-0.39, 0.29) is 24.8 Å². The Morgan fingerprint density at radius 3 is 2.11 bits per heavy atom. The number of hydrogen-bond donors (Lipinski definition) is 0. The molecule has 0 saturated carbocycles. The van der Waals surface area contributed by atoms with Crippen LogP contribution in [-0.4, -0.2) is 6.88 Å². The Labute approximate surface area is 136 Å². The predicted octanol–water partition coefficient (Wildman–Crippen LogP) is 4.75. The van der Waals surface area contributed by atoms with Gasteiger partial charge in [0.25, 0.3) is 0 Å². The number of hydrogen-bond acceptors (Lipinski definition) is 0. The van der Waals surface area contributed by atoms with Gasteiger partial charge in [0.05, 0.1) is 0 Å². The third-order valence-electron chi connectivity index (χ3n) is 4.18. The standard InChI is InChI=1S/C13H15.2CH3.2ClH.H2Si.Zr/c1-9-8-13(11(3)10(9)2)12-6-4-5-7-12;;;;;;/h4-6,13H,7H2,1-3H3;2*1H3;2*1H;1H2;. The van der Waals surface area contributed by atoms with Crippen molar-refractivity contribution in [1.29, 1.82) is 0 Å². The fourth-order valence-electron chi connectivity index (χ4n) is 3.19. The third kappa shape index (κ3) is 3.64. The molecule has 0 heterocycles. The molecule has 0 spiro atoms. The maximum atomic E-state index is 2.56. The van der Waals surface area contributed by atoms with Crippen molar-refractivity contribution in [3.05, 3.63) is 43.8 Å². The van der Waals surface area contributed by atoms with Crippen LogP contribution >= 0.6 is 24.8 Å². The molecule has 0 aromatic carbocycles. The van der Waals surface area contributed by atoms with Crippen LogP contribution in [0, 0.1) is 5.92 Å². The zero-order valence-corrected chi connectivity index (χ0v) is 18.0. The van der Waals surface area contributed by atoms with Crippen molar-refractivity contribution in [3.63, 3.8) is 0 Å². The van der Waals surface area contributed by atoms with Gasteiger partial charge >= 0.3 is 112 Å². The first-order chi connectivity index (χ1) is 7.84. The minimum absolute atomic E-state index is 0. The van der Waals surface area contributed by atoms with Gasteiger partial charge in [0.15, 0.2) is 0 Å². The van der Waals surface area contributed by atoms with Crippen LogP contribution in [0.5, 0.6) is 0 Å². The molecule has 2 rings (SSSR count). The van der Waals surface area contributed by atoms with E-state index in [1.54, 1.807) is 22.3 Å². The predicted molar refractivity (Wildman–Crippen MR) is 91.2 cm³/mol. The largest absolute Gasteiger partial charge is 0.147 e. The van der Waals surface area contributed by atoms with Crippen LogP contribution < -0.4 is 0 Å². The van der Waals surface area contributed by atoms with Crippen molar-refractivity contribution in [2.24, 2.45) is 5.92 Å². The number of halogens is 2. The van der Waals surface area contributed by atoms with Gasteiger partial charge in [0.1, 0.15) is 0 Å². The van der Waals surface area contributed by atoms with Crippen molar-refractivity contribution in [2.75, 3.05) is 0 Å². The molecule has 107 valence electrons. The second-order valence-corrected chi connectivity index (χ2v) is 27.1. The Hall–Kier alpha value is 0.640. The van der Waals surface area contributed by atoms with Crippen LogP contribution in [0.1, 0.15) is 27.2 Å². The maximum absolute atomic E-state index is 2.56. The molecule has 2 aliphatic carbocycles. The maximum Gasteiger partial charge on any atom is -0.147 e. The van der Waals surface area contributed by atoms with Gasteiger partial charge in [-0.05, 0) is 0 Å². The van der Waals surface area contributed by atoms with Gasteiger partial charge in [-0.1, -0.05) is 0 Å². The molecular weight excluding hydrogens is 370 g/mol. The van der Waals surface area contributed by atoms with Crippen LogP contribution in [-0.2, 0) is 18.9 Å². The zero-order chi connectivity index (χ0) is 12.8. The average molecular weight is 396 g/mol. The minimum Gasteiger partial charge on any atom is -0.147 e. The molecule has 2 aliphatic rings. The number of allylic oxidation sites excluding steroid dienone is 8. The van der Waals surface area contributed by atoms with E-state index in [1.807, 2.05) is 3.28 Å². The molecule has 0 nitrogen and oxygen atoms in total. The van der Waals surface area contributed by atoms with Crippen molar-refractivity contribution in [2.45, 2.75) is 36.5 Å². The molecule has 0 bridgehead atoms. The topological polar surface area (TPSA) is 0 Å². The van der Waals surface area contributed by atoms with E-state index in [9.17, 15) is 0 Å². The normalized spacial score (nSPS) is 22.4. The van der Waals surface area contributed by atoms with E-state index in [0.29, 0.717) is 5.92 Å². The second-order valence-electron chi connectivity index (χ2n) is 6.04. The minimum atomic E-state index is -1.97. The van der Waals surface area contributed by atoms with E-state index < -0.39 is 18.9 Å². The Morgan fingerprint density at radius 1 is 1.11 bits per heavy atom. The van der Waals surface area contributed by atoms with Crippen molar-refractivity contribution >= 4 is 31.7 Å². The Bertz CT molecular complexity index is 532. The Kier molecular flexibility index (Phi) is 7.31. The number of rotatable bonds is 2. The smallest absolute Gasteiger partial charge is 0.147 e. The third-order valence-corrected chi connectivity index (χ3v) is 11.6. The summed E-state index contributed by atoms with van der Waals surface area (Å²) in [6.45, 7) is 9.33. The van der Waals surface area contributed by atoms with Crippen LogP contribution in [0.25, 0.3) is 0 Å². The molecule has 0 amide bonds. The summed E-state index contributed by atoms with van der Waals surface area (Å²) in [6, 6.07) is 0. The summed E-state index contributed by atoms with van der Waals surface area (Å²) in [5, 5.41) is 0. The van der Waals surface area contributed by atoms with Gasteiger partial charge < -0.3 is 0 Å². The monoisotopic (exact) mass is 393 g/mol. The van der Waals surface area contributed by atoms with Gasteiger partial charge in [0, 0.05) is 0 Å². The summed E-state index contributed by atoms with van der Waals surface area (Å²) in [6.07, 6.45) is 8.03. The average Bonchev–Trinajstić information content (AvgIpc) is 2.79. The summed E-state index contributed by atoms with van der Waals surface area (Å²) in [5.74, 6) is 0.660. The van der Waals surface area contributed by atoms with Crippen LogP contribution in [0.15, 0.2) is 43.8 Å². The first kappa shape index (κ1) is 19.6. The van der Waals surface area contributed by atoms with Gasteiger partial charge in [-0.2, -0.15) is 0 Å². The molecule has 0 fully saturated rings. The second kappa shape index (κ2) is 7.07. The van der Waals surface area contributed by atoms with E-state index >= 15 is 0 Å². The quantitative estimate of drug-likeness (QED) is 0.592. The van der Waals surface area contributed by atoms with Gasteiger partial charge in [-0.3, -0.25) is 0 Å². The van der Waals surface area contributed by atoms with Crippen molar-refractivity contribution in [1.82, 2.24) is 0 Å². The SMILES string of the molecule is CC1=C(C)C(C2=CC=CC2)[C]([Zr]([CH3])([CH3])=[SiH2])=C1C.Cl.Cl. The molecule has 0 aromatic rings. The van der Waals surface area contributed by atoms with Gasteiger partial charge in [0.2, 0.25) is 0 Å². The molecule has 19 heavy (non-hydrogen) atoms. The molecule has 1 unspecified atom stereocenters. The first-order valence-corrected chi connectivity index (χ1v) is 18.5. The zero-order valence-electron chi connectivity index (χ0n) is 12.5. The summed E-state index contributed by atoms with van der Waals surface area (Å²) < 4.78 is 6.98. The first-order valence-electron chi connectivity index (χ1n) is 6.44. The van der Waals surface area contributed by atoms with Crippen molar-refractivity contribution in [3.8, 4) is 0 Å². The summed E-state index contributed by atoms with van der Waals surface area (Å²) in [7, 11) is 0. The molecule has 0 N–H and O–H groups in total. The van der Waals surface area contributed by atoms with Crippen LogP contribution in [0.3, 0.4) is 0 Å². The Balaban J connectivity index is 0.00000162. The van der Waals surface area contributed by atoms with Crippen LogP contribution in [0.2, 0.25) is 9.26 Å². The Morgan fingerprint density at radius 2 is 1.68 bits per heavy atom. The van der Waals surface area contributed by atoms with Crippen LogP contribution in [0.4, 0.5) is 0 Å². The fourth-order valence-corrected chi connectivity index (χ4v) is 11.8. The molecule has 1 atom stereocenters. The molecule has 0 radical (unpaired) electrons. The van der Waals surface area contributed by atoms with Gasteiger partial charge in [-0.25, -0.2) is 0 Å². The summed E-state index contributed by atoms with van der Waals surface area (Å²) in [5.41, 5.74) is 6.43. The molecule has 4 heteroatoms. The molecule has 0 aromatic heterocycles. The molecular formula is C15H25Cl2SiZr. The fraction of sp³-hybridized carbons (Fsp3) is 0.467. The van der Waals surface area contributed by atoms with E-state index in [4.69, 9.17) is 0 Å².